The Morgan fingerprint density at radius 2 is 2.12 bits per heavy atom. The van der Waals surface area contributed by atoms with Crippen LogP contribution < -0.4 is 5.32 Å². The minimum atomic E-state index is -0.383. The fourth-order valence-electron chi connectivity index (χ4n) is 1.89. The summed E-state index contributed by atoms with van der Waals surface area (Å²) in [7, 11) is 1.41. The molecule has 16 heavy (non-hydrogen) atoms. The quantitative estimate of drug-likeness (QED) is 0.638. The van der Waals surface area contributed by atoms with E-state index in [2.05, 4.69) is 19.2 Å². The molecule has 0 spiro atoms. The topological polar surface area (TPSA) is 58.6 Å². The van der Waals surface area contributed by atoms with Crippen LogP contribution in [0.25, 0.3) is 0 Å². The Balaban J connectivity index is 2.29. The number of aliphatic hydroxyl groups is 1. The summed E-state index contributed by atoms with van der Waals surface area (Å²) in [6.07, 6.45) is 2.52. The average Bonchev–Trinajstić information content (AvgIpc) is 3.00. The normalized spacial score (nSPS) is 19.6. The summed E-state index contributed by atoms with van der Waals surface area (Å²) in [6.45, 7) is 4.61. The molecule has 2 N–H and O–H groups in total. The fraction of sp³-hybridized carbons (Fsp3) is 0.917. The predicted octanol–water partition coefficient (Wildman–Crippen LogP) is 0.935. The van der Waals surface area contributed by atoms with Gasteiger partial charge in [0.2, 0.25) is 0 Å². The first kappa shape index (κ1) is 13.5. The molecule has 0 amide bonds. The SMILES string of the molecule is COC(=O)C(NCC(O)CC(C)C)C1CC1. The van der Waals surface area contributed by atoms with Gasteiger partial charge in [0.15, 0.2) is 0 Å². The van der Waals surface area contributed by atoms with Crippen LogP contribution in [0.4, 0.5) is 0 Å². The van der Waals surface area contributed by atoms with Crippen LogP contribution in [0.1, 0.15) is 33.1 Å². The van der Waals surface area contributed by atoms with E-state index in [4.69, 9.17) is 4.74 Å². The minimum absolute atomic E-state index is 0.209. The van der Waals surface area contributed by atoms with E-state index in [9.17, 15) is 9.90 Å². The third kappa shape index (κ3) is 4.49. The van der Waals surface area contributed by atoms with Gasteiger partial charge >= 0.3 is 5.97 Å². The third-order valence-corrected chi connectivity index (χ3v) is 2.87. The van der Waals surface area contributed by atoms with Crippen molar-refractivity contribution in [2.75, 3.05) is 13.7 Å². The van der Waals surface area contributed by atoms with Crippen LogP contribution >= 0.6 is 0 Å². The molecule has 2 atom stereocenters. The maximum absolute atomic E-state index is 11.5. The van der Waals surface area contributed by atoms with E-state index < -0.39 is 0 Å². The Kier molecular flexibility index (Phi) is 5.22. The maximum Gasteiger partial charge on any atom is 0.323 e. The van der Waals surface area contributed by atoms with E-state index in [1.54, 1.807) is 0 Å². The Morgan fingerprint density at radius 1 is 1.50 bits per heavy atom. The van der Waals surface area contributed by atoms with Crippen LogP contribution in [0.15, 0.2) is 0 Å². The van der Waals surface area contributed by atoms with Gasteiger partial charge in [-0.3, -0.25) is 4.79 Å². The molecule has 0 aromatic rings. The van der Waals surface area contributed by atoms with E-state index in [1.165, 1.54) is 7.11 Å². The second-order valence-electron chi connectivity index (χ2n) is 5.03. The molecule has 1 rings (SSSR count). The van der Waals surface area contributed by atoms with Crippen LogP contribution in [0, 0.1) is 11.8 Å². The molecule has 1 saturated carbocycles. The molecule has 1 fully saturated rings. The van der Waals surface area contributed by atoms with Crippen molar-refractivity contribution >= 4 is 5.97 Å². The summed E-state index contributed by atoms with van der Waals surface area (Å²) in [6, 6.07) is -0.230. The number of methoxy groups -OCH3 is 1. The van der Waals surface area contributed by atoms with Crippen molar-refractivity contribution in [3.05, 3.63) is 0 Å². The van der Waals surface area contributed by atoms with E-state index in [0.717, 1.165) is 19.3 Å². The van der Waals surface area contributed by atoms with Gasteiger partial charge in [-0.1, -0.05) is 13.8 Å². The lowest BCUT2D eigenvalue weighted by Gasteiger charge is -2.19. The molecule has 2 unspecified atom stereocenters. The first-order valence-electron chi connectivity index (χ1n) is 6.03. The summed E-state index contributed by atoms with van der Waals surface area (Å²) in [5.41, 5.74) is 0. The number of nitrogens with one attached hydrogen (secondary N) is 1. The molecule has 0 aromatic carbocycles. The van der Waals surface area contributed by atoms with Gasteiger partial charge in [0.1, 0.15) is 6.04 Å². The van der Waals surface area contributed by atoms with Crippen LogP contribution in [0.2, 0.25) is 0 Å². The minimum Gasteiger partial charge on any atom is -0.468 e. The van der Waals surface area contributed by atoms with Gasteiger partial charge in [0.05, 0.1) is 13.2 Å². The number of carbonyl (C=O) groups is 1. The van der Waals surface area contributed by atoms with Gasteiger partial charge in [0.25, 0.3) is 0 Å². The summed E-state index contributed by atoms with van der Waals surface area (Å²) in [5.74, 6) is 0.659. The fourth-order valence-corrected chi connectivity index (χ4v) is 1.89. The van der Waals surface area contributed by atoms with E-state index >= 15 is 0 Å². The average molecular weight is 229 g/mol. The van der Waals surface area contributed by atoms with E-state index in [1.807, 2.05) is 0 Å². The van der Waals surface area contributed by atoms with E-state index in [-0.39, 0.29) is 18.1 Å². The zero-order valence-electron chi connectivity index (χ0n) is 10.4. The molecular formula is C12H23NO3. The second-order valence-corrected chi connectivity index (χ2v) is 5.03. The van der Waals surface area contributed by atoms with Crippen molar-refractivity contribution in [1.29, 1.82) is 0 Å². The Hall–Kier alpha value is -0.610. The summed E-state index contributed by atoms with van der Waals surface area (Å²) in [4.78, 5) is 11.5. The number of rotatable bonds is 7. The Bertz CT molecular complexity index is 226. The highest BCUT2D eigenvalue weighted by Crippen LogP contribution is 2.33. The molecule has 0 aliphatic heterocycles. The highest BCUT2D eigenvalue weighted by molar-refractivity contribution is 5.76. The van der Waals surface area contributed by atoms with Gasteiger partial charge in [-0.2, -0.15) is 0 Å². The van der Waals surface area contributed by atoms with Gasteiger partial charge < -0.3 is 15.2 Å². The van der Waals surface area contributed by atoms with Gasteiger partial charge in [-0.05, 0) is 31.1 Å². The summed E-state index contributed by atoms with van der Waals surface area (Å²) >= 11 is 0. The molecular weight excluding hydrogens is 206 g/mol. The largest absolute Gasteiger partial charge is 0.468 e. The number of hydrogen-bond donors (Lipinski definition) is 2. The van der Waals surface area contributed by atoms with Gasteiger partial charge in [-0.25, -0.2) is 0 Å². The number of esters is 1. The van der Waals surface area contributed by atoms with Crippen molar-refractivity contribution in [3.8, 4) is 0 Å². The van der Waals surface area contributed by atoms with Crippen molar-refractivity contribution in [2.24, 2.45) is 11.8 Å². The van der Waals surface area contributed by atoms with Crippen molar-refractivity contribution in [1.82, 2.24) is 5.32 Å². The number of hydrogen-bond acceptors (Lipinski definition) is 4. The van der Waals surface area contributed by atoms with Crippen LogP contribution in [0.3, 0.4) is 0 Å². The summed E-state index contributed by atoms with van der Waals surface area (Å²) in [5, 5.41) is 12.8. The monoisotopic (exact) mass is 229 g/mol. The second kappa shape index (κ2) is 6.21. The van der Waals surface area contributed by atoms with Crippen LogP contribution in [0.5, 0.6) is 0 Å². The van der Waals surface area contributed by atoms with Gasteiger partial charge in [0, 0.05) is 6.54 Å². The Morgan fingerprint density at radius 3 is 2.56 bits per heavy atom. The van der Waals surface area contributed by atoms with Crippen molar-refractivity contribution < 1.29 is 14.6 Å². The summed E-state index contributed by atoms with van der Waals surface area (Å²) < 4.78 is 4.74. The molecule has 0 radical (unpaired) electrons. The molecule has 0 heterocycles. The molecule has 94 valence electrons. The smallest absolute Gasteiger partial charge is 0.323 e. The first-order valence-corrected chi connectivity index (χ1v) is 6.03. The van der Waals surface area contributed by atoms with Crippen LogP contribution in [-0.4, -0.2) is 36.9 Å². The van der Waals surface area contributed by atoms with E-state index in [0.29, 0.717) is 18.4 Å². The van der Waals surface area contributed by atoms with Gasteiger partial charge in [-0.15, -0.1) is 0 Å². The standard InChI is InChI=1S/C12H23NO3/c1-8(2)6-10(14)7-13-11(9-4-5-9)12(15)16-3/h8-11,13-14H,4-7H2,1-3H3. The maximum atomic E-state index is 11.5. The predicted molar refractivity (Wildman–Crippen MR) is 62.0 cm³/mol. The molecule has 0 saturated heterocycles. The molecule has 4 heteroatoms. The lowest BCUT2D eigenvalue weighted by Crippen LogP contribution is -2.43. The molecule has 1 aliphatic carbocycles. The van der Waals surface area contributed by atoms with Crippen molar-refractivity contribution in [3.63, 3.8) is 0 Å². The van der Waals surface area contributed by atoms with Crippen LogP contribution in [-0.2, 0) is 9.53 Å². The lowest BCUT2D eigenvalue weighted by atomic mass is 10.1. The molecule has 0 bridgehead atoms. The molecule has 1 aliphatic rings. The zero-order chi connectivity index (χ0) is 12.1. The molecule has 4 nitrogen and oxygen atoms in total. The third-order valence-electron chi connectivity index (χ3n) is 2.87. The number of ether oxygens (including phenoxy) is 1. The lowest BCUT2D eigenvalue weighted by molar-refractivity contribution is -0.143. The molecule has 0 aromatic heterocycles. The highest BCUT2D eigenvalue weighted by atomic mass is 16.5. The first-order chi connectivity index (χ1) is 7.54. The number of carbonyl (C=O) groups excluding carboxylic acids is 1. The number of aliphatic hydroxyl groups excluding tert-OH is 1. The van der Waals surface area contributed by atoms with Crippen molar-refractivity contribution in [2.45, 2.75) is 45.3 Å². The zero-order valence-corrected chi connectivity index (χ0v) is 10.4. The highest BCUT2D eigenvalue weighted by Gasteiger charge is 2.36. The Labute approximate surface area is 97.4 Å².